The third kappa shape index (κ3) is 3.81. The first-order valence-corrected chi connectivity index (χ1v) is 9.86. The summed E-state index contributed by atoms with van der Waals surface area (Å²) in [5, 5.41) is 3.23. The first kappa shape index (κ1) is 17.0. The fourth-order valence-corrected chi connectivity index (χ4v) is 4.83. The molecule has 1 aromatic carbocycles. The van der Waals surface area contributed by atoms with Crippen LogP contribution in [0.3, 0.4) is 0 Å². The predicted octanol–water partition coefficient (Wildman–Crippen LogP) is 0.885. The van der Waals surface area contributed by atoms with Crippen LogP contribution in [0.5, 0.6) is 0 Å². The lowest BCUT2D eigenvalue weighted by Crippen LogP contribution is -2.44. The van der Waals surface area contributed by atoms with E-state index in [4.69, 9.17) is 11.6 Å². The molecule has 0 bridgehead atoms. The fraction of sp³-hybridized carbons (Fsp3) is 0.467. The van der Waals surface area contributed by atoms with Gasteiger partial charge in [-0.05, 0) is 24.6 Å². The number of urea groups is 1. The van der Waals surface area contributed by atoms with Crippen molar-refractivity contribution in [3.05, 3.63) is 29.3 Å². The summed E-state index contributed by atoms with van der Waals surface area (Å²) in [4.78, 5) is 27.5. The molecule has 1 atom stereocenters. The summed E-state index contributed by atoms with van der Waals surface area (Å²) in [5.41, 5.74) is 0.692. The Morgan fingerprint density at radius 3 is 2.79 bits per heavy atom. The molecule has 24 heavy (non-hydrogen) atoms. The number of hydrogen-bond donors (Lipinski definition) is 1. The first-order chi connectivity index (χ1) is 11.3. The van der Waals surface area contributed by atoms with Crippen LogP contribution in [0.1, 0.15) is 6.42 Å². The van der Waals surface area contributed by atoms with Gasteiger partial charge in [-0.2, -0.15) is 0 Å². The van der Waals surface area contributed by atoms with E-state index in [1.165, 1.54) is 4.90 Å². The van der Waals surface area contributed by atoms with Gasteiger partial charge < -0.3 is 10.2 Å². The summed E-state index contributed by atoms with van der Waals surface area (Å²) in [6, 6.07) is 6.37. The largest absolute Gasteiger partial charge is 0.351 e. The summed E-state index contributed by atoms with van der Waals surface area (Å²) in [5.74, 6) is -0.261. The molecule has 0 aromatic heterocycles. The van der Waals surface area contributed by atoms with Crippen LogP contribution in [0.15, 0.2) is 24.3 Å². The minimum absolute atomic E-state index is 0.0265. The van der Waals surface area contributed by atoms with E-state index < -0.39 is 9.84 Å². The average Bonchev–Trinajstić information content (AvgIpc) is 3.02. The maximum atomic E-state index is 12.4. The lowest BCUT2D eigenvalue weighted by molar-refractivity contribution is -0.122. The van der Waals surface area contributed by atoms with Gasteiger partial charge in [0.25, 0.3) is 0 Å². The Kier molecular flexibility index (Phi) is 4.69. The number of anilines is 1. The van der Waals surface area contributed by atoms with Crippen LogP contribution in [-0.2, 0) is 14.6 Å². The Hall–Kier alpha value is -1.80. The number of carbonyl (C=O) groups is 2. The van der Waals surface area contributed by atoms with E-state index in [0.717, 1.165) is 0 Å². The lowest BCUT2D eigenvalue weighted by atomic mass is 10.2. The predicted molar refractivity (Wildman–Crippen MR) is 91.0 cm³/mol. The molecule has 9 heteroatoms. The molecule has 0 radical (unpaired) electrons. The van der Waals surface area contributed by atoms with Gasteiger partial charge in [-0.3, -0.25) is 9.69 Å². The van der Waals surface area contributed by atoms with E-state index in [2.05, 4.69) is 5.32 Å². The van der Waals surface area contributed by atoms with Crippen molar-refractivity contribution < 1.29 is 18.0 Å². The number of benzene rings is 1. The highest BCUT2D eigenvalue weighted by molar-refractivity contribution is 7.91. The Labute approximate surface area is 145 Å². The number of carbonyl (C=O) groups excluding carboxylic acids is 2. The van der Waals surface area contributed by atoms with E-state index in [9.17, 15) is 18.0 Å². The van der Waals surface area contributed by atoms with Gasteiger partial charge in [0.2, 0.25) is 5.91 Å². The number of rotatable bonds is 4. The van der Waals surface area contributed by atoms with Crippen molar-refractivity contribution >= 4 is 39.1 Å². The molecule has 1 N–H and O–H groups in total. The minimum atomic E-state index is -3.04. The second-order valence-corrected chi connectivity index (χ2v) is 8.67. The van der Waals surface area contributed by atoms with E-state index in [0.29, 0.717) is 30.2 Å². The molecule has 7 nitrogen and oxygen atoms in total. The van der Waals surface area contributed by atoms with Crippen LogP contribution in [0, 0.1) is 0 Å². The van der Waals surface area contributed by atoms with Crippen LogP contribution < -0.4 is 10.2 Å². The summed E-state index contributed by atoms with van der Waals surface area (Å²) in [6.07, 6.45) is 0.427. The molecule has 1 aromatic rings. The Bertz CT molecular complexity index is 768. The number of nitrogens with zero attached hydrogens (tertiary/aromatic N) is 2. The van der Waals surface area contributed by atoms with Crippen molar-refractivity contribution in [2.75, 3.05) is 36.0 Å². The molecular formula is C15H18ClN3O4S. The second kappa shape index (κ2) is 6.60. The summed E-state index contributed by atoms with van der Waals surface area (Å²) >= 11 is 5.95. The highest BCUT2D eigenvalue weighted by Gasteiger charge is 2.33. The van der Waals surface area contributed by atoms with Crippen molar-refractivity contribution in [3.8, 4) is 0 Å². The molecule has 2 fully saturated rings. The van der Waals surface area contributed by atoms with Crippen molar-refractivity contribution in [2.45, 2.75) is 12.5 Å². The third-order valence-corrected chi connectivity index (χ3v) is 6.15. The first-order valence-electron chi connectivity index (χ1n) is 7.66. The zero-order chi connectivity index (χ0) is 17.3. The van der Waals surface area contributed by atoms with Gasteiger partial charge in [-0.25, -0.2) is 13.2 Å². The minimum Gasteiger partial charge on any atom is -0.351 e. The Balaban J connectivity index is 1.57. The molecule has 0 unspecified atom stereocenters. The van der Waals surface area contributed by atoms with Crippen LogP contribution in [0.25, 0.3) is 0 Å². The Morgan fingerprint density at radius 1 is 1.33 bits per heavy atom. The smallest absolute Gasteiger partial charge is 0.325 e. The summed E-state index contributed by atoms with van der Waals surface area (Å²) in [6.45, 7) is 0.832. The molecular weight excluding hydrogens is 354 g/mol. The fourth-order valence-electron chi connectivity index (χ4n) is 2.97. The van der Waals surface area contributed by atoms with Crippen LogP contribution in [0.4, 0.5) is 10.5 Å². The van der Waals surface area contributed by atoms with Crippen LogP contribution >= 0.6 is 11.6 Å². The summed E-state index contributed by atoms with van der Waals surface area (Å²) < 4.78 is 22.8. The molecule has 2 aliphatic rings. The lowest BCUT2D eigenvalue weighted by Gasteiger charge is -2.19. The van der Waals surface area contributed by atoms with E-state index >= 15 is 0 Å². The van der Waals surface area contributed by atoms with Gasteiger partial charge >= 0.3 is 6.03 Å². The number of amides is 3. The van der Waals surface area contributed by atoms with Crippen LogP contribution in [0.2, 0.25) is 5.02 Å². The maximum Gasteiger partial charge on any atom is 0.325 e. The zero-order valence-electron chi connectivity index (χ0n) is 12.9. The molecule has 0 aliphatic carbocycles. The topological polar surface area (TPSA) is 86.8 Å². The van der Waals surface area contributed by atoms with Gasteiger partial charge in [0, 0.05) is 29.8 Å². The summed E-state index contributed by atoms with van der Waals surface area (Å²) in [7, 11) is -3.04. The number of sulfone groups is 1. The van der Waals surface area contributed by atoms with Gasteiger partial charge in [-0.1, -0.05) is 17.7 Å². The number of nitrogens with one attached hydrogen (secondary N) is 1. The van der Waals surface area contributed by atoms with Crippen molar-refractivity contribution in [1.82, 2.24) is 10.2 Å². The van der Waals surface area contributed by atoms with E-state index in [1.54, 1.807) is 29.2 Å². The van der Waals surface area contributed by atoms with Gasteiger partial charge in [0.15, 0.2) is 9.84 Å². The maximum absolute atomic E-state index is 12.4. The normalized spacial score (nSPS) is 22.9. The molecule has 0 saturated carbocycles. The van der Waals surface area contributed by atoms with Crippen molar-refractivity contribution in [1.29, 1.82) is 0 Å². The van der Waals surface area contributed by atoms with Crippen molar-refractivity contribution in [2.24, 2.45) is 0 Å². The highest BCUT2D eigenvalue weighted by Crippen LogP contribution is 2.23. The SMILES string of the molecule is O=C(CN1CCN(c2cccc(Cl)c2)C1=O)N[C@@H]1CCS(=O)(=O)C1. The number of halogens is 1. The van der Waals surface area contributed by atoms with E-state index in [-0.39, 0.29) is 36.0 Å². The van der Waals surface area contributed by atoms with E-state index in [1.807, 2.05) is 0 Å². The van der Waals surface area contributed by atoms with Crippen LogP contribution in [-0.4, -0.2) is 62.4 Å². The zero-order valence-corrected chi connectivity index (χ0v) is 14.5. The molecule has 2 heterocycles. The third-order valence-electron chi connectivity index (χ3n) is 4.15. The standard InChI is InChI=1S/C15H18ClN3O4S/c16-11-2-1-3-13(8-11)19-6-5-18(15(19)21)9-14(20)17-12-4-7-24(22,23)10-12/h1-3,8,12H,4-7,9-10H2,(H,17,20)/t12-/m1/s1. The molecule has 2 saturated heterocycles. The van der Waals surface area contributed by atoms with Gasteiger partial charge in [-0.15, -0.1) is 0 Å². The quantitative estimate of drug-likeness (QED) is 0.851. The van der Waals surface area contributed by atoms with Gasteiger partial charge in [0.1, 0.15) is 6.54 Å². The average molecular weight is 372 g/mol. The highest BCUT2D eigenvalue weighted by atomic mass is 35.5. The Morgan fingerprint density at radius 2 is 2.12 bits per heavy atom. The second-order valence-electron chi connectivity index (χ2n) is 6.00. The molecule has 0 spiro atoms. The monoisotopic (exact) mass is 371 g/mol. The molecule has 3 rings (SSSR count). The van der Waals surface area contributed by atoms with Gasteiger partial charge in [0.05, 0.1) is 11.5 Å². The van der Waals surface area contributed by atoms with Crippen molar-refractivity contribution in [3.63, 3.8) is 0 Å². The molecule has 2 aliphatic heterocycles. The molecule has 3 amide bonds. The molecule has 130 valence electrons. The number of hydrogen-bond acceptors (Lipinski definition) is 4.